The molecule has 6 aliphatic heterocycles. The van der Waals surface area contributed by atoms with Crippen molar-refractivity contribution in [1.29, 1.82) is 0 Å². The highest BCUT2D eigenvalue weighted by molar-refractivity contribution is 5.78. The highest BCUT2D eigenvalue weighted by atomic mass is 16.7. The quantitative estimate of drug-likeness (QED) is 0.204. The van der Waals surface area contributed by atoms with Crippen molar-refractivity contribution >= 4 is 5.97 Å². The van der Waals surface area contributed by atoms with E-state index in [0.29, 0.717) is 61.5 Å². The molecule has 0 amide bonds. The fourth-order valence-corrected chi connectivity index (χ4v) is 11.0. The van der Waals surface area contributed by atoms with Gasteiger partial charge in [-0.25, -0.2) is 0 Å². The maximum atomic E-state index is 14.4. The Kier molecular flexibility index (Phi) is 15.3. The SMILES string of the molecule is CC[C@H](C)[C@H]1O[C@]2(CC[C@@H]1C)C[C@@H]1C[C@@H](C/C=C(\C)[C@@H](O[C@H]3C[C@H](OC)[C@@H](O[C@H]4C[C@@H](OC)[C@@H](O)[C@H](C)O4)[C@H](C)O3)[C@@H](C)/C=C/C=C3\CO[C@@H]4[C@H](O)C(C)=C[C@@H](C(=O)O1)[C@]34O)O2. The molecule has 6 heterocycles. The molecule has 14 heteroatoms. The van der Waals surface area contributed by atoms with E-state index in [4.69, 9.17) is 47.4 Å². The van der Waals surface area contributed by atoms with Crippen molar-refractivity contribution < 1.29 is 67.5 Å². The summed E-state index contributed by atoms with van der Waals surface area (Å²) in [6, 6.07) is 0. The molecule has 5 saturated heterocycles. The number of methoxy groups -OCH3 is 2. The number of aliphatic hydroxyl groups excluding tert-OH is 2. The summed E-state index contributed by atoms with van der Waals surface area (Å²) in [5.74, 6) is -2.10. The molecule has 0 aromatic heterocycles. The first-order valence-electron chi connectivity index (χ1n) is 23.2. The molecule has 7 aliphatic rings. The number of esters is 1. The van der Waals surface area contributed by atoms with Gasteiger partial charge in [0, 0.05) is 52.2 Å². The van der Waals surface area contributed by atoms with E-state index in [1.807, 2.05) is 19.1 Å². The molecule has 350 valence electrons. The highest BCUT2D eigenvalue weighted by Crippen LogP contribution is 2.48. The van der Waals surface area contributed by atoms with E-state index in [2.05, 4.69) is 40.7 Å². The summed E-state index contributed by atoms with van der Waals surface area (Å²) in [4.78, 5) is 14.4. The fourth-order valence-electron chi connectivity index (χ4n) is 11.0. The maximum absolute atomic E-state index is 14.4. The monoisotopic (exact) mass is 875 g/mol. The second-order valence-corrected chi connectivity index (χ2v) is 19.4. The van der Waals surface area contributed by atoms with Crippen LogP contribution in [0.15, 0.2) is 47.1 Å². The van der Waals surface area contributed by atoms with Crippen molar-refractivity contribution in [1.82, 2.24) is 0 Å². The van der Waals surface area contributed by atoms with Crippen LogP contribution in [0.1, 0.15) is 107 Å². The molecule has 62 heavy (non-hydrogen) atoms. The number of allylic oxidation sites excluding steroid dienone is 2. The van der Waals surface area contributed by atoms with Gasteiger partial charge in [0.15, 0.2) is 18.4 Å². The van der Waals surface area contributed by atoms with Gasteiger partial charge in [0.2, 0.25) is 0 Å². The lowest BCUT2D eigenvalue weighted by molar-refractivity contribution is -0.340. The zero-order valence-electron chi connectivity index (χ0n) is 38.5. The van der Waals surface area contributed by atoms with Crippen LogP contribution in [-0.2, 0) is 52.2 Å². The molecule has 3 N–H and O–H groups in total. The Morgan fingerprint density at radius 3 is 2.35 bits per heavy atom. The smallest absolute Gasteiger partial charge is 0.316 e. The molecule has 1 spiro atoms. The summed E-state index contributed by atoms with van der Waals surface area (Å²) in [6.07, 6.45) is 6.53. The molecule has 2 bridgehead atoms. The van der Waals surface area contributed by atoms with E-state index < -0.39 is 90.8 Å². The molecule has 0 radical (unpaired) electrons. The van der Waals surface area contributed by atoms with E-state index in [1.165, 1.54) is 0 Å². The number of carbonyl (C=O) groups is 1. The third kappa shape index (κ3) is 9.73. The molecule has 0 aromatic carbocycles. The Balaban J connectivity index is 1.18. The average Bonchev–Trinajstić information content (AvgIpc) is 3.58. The number of fused-ring (bicyclic) bond motifs is 2. The lowest BCUT2D eigenvalue weighted by atomic mass is 9.71. The van der Waals surface area contributed by atoms with Crippen LogP contribution in [0.2, 0.25) is 0 Å². The summed E-state index contributed by atoms with van der Waals surface area (Å²) < 4.78 is 63.9. The van der Waals surface area contributed by atoms with Gasteiger partial charge in [-0.3, -0.25) is 4.79 Å². The van der Waals surface area contributed by atoms with Crippen molar-refractivity contribution in [2.75, 3.05) is 20.8 Å². The Bertz CT molecular complexity index is 1680. The van der Waals surface area contributed by atoms with Gasteiger partial charge < -0.3 is 62.7 Å². The van der Waals surface area contributed by atoms with Crippen LogP contribution in [0.4, 0.5) is 0 Å². The van der Waals surface area contributed by atoms with Crippen LogP contribution in [-0.4, -0.2) is 139 Å². The molecule has 0 aromatic rings. The second kappa shape index (κ2) is 19.8. The van der Waals surface area contributed by atoms with E-state index in [-0.39, 0.29) is 30.8 Å². The lowest BCUT2D eigenvalue weighted by Gasteiger charge is -2.51. The summed E-state index contributed by atoms with van der Waals surface area (Å²) in [6.45, 7) is 16.3. The largest absolute Gasteiger partial charge is 0.462 e. The third-order valence-electron chi connectivity index (χ3n) is 14.9. The van der Waals surface area contributed by atoms with Gasteiger partial charge in [-0.05, 0) is 69.1 Å². The summed E-state index contributed by atoms with van der Waals surface area (Å²) in [7, 11) is 3.23. The van der Waals surface area contributed by atoms with Crippen LogP contribution in [0.5, 0.6) is 0 Å². The van der Waals surface area contributed by atoms with Crippen LogP contribution < -0.4 is 0 Å². The molecule has 1 aliphatic carbocycles. The topological polar surface area (TPSA) is 170 Å². The van der Waals surface area contributed by atoms with E-state index in [1.54, 1.807) is 40.2 Å². The first kappa shape index (κ1) is 47.9. The van der Waals surface area contributed by atoms with Gasteiger partial charge in [-0.1, -0.05) is 64.5 Å². The van der Waals surface area contributed by atoms with Crippen LogP contribution >= 0.6 is 0 Å². The molecule has 0 saturated carbocycles. The minimum absolute atomic E-state index is 0.00708. The second-order valence-electron chi connectivity index (χ2n) is 19.4. The predicted molar refractivity (Wildman–Crippen MR) is 227 cm³/mol. The van der Waals surface area contributed by atoms with Crippen molar-refractivity contribution in [3.63, 3.8) is 0 Å². The normalized spacial score (nSPS) is 49.4. The minimum atomic E-state index is -1.82. The third-order valence-corrected chi connectivity index (χ3v) is 14.9. The van der Waals surface area contributed by atoms with Gasteiger partial charge in [-0.2, -0.15) is 0 Å². The van der Waals surface area contributed by atoms with Crippen LogP contribution in [0.3, 0.4) is 0 Å². The zero-order chi connectivity index (χ0) is 44.7. The standard InChI is InChI=1S/C48H74O14/c1-11-25(2)43-28(5)17-18-47(62-43)23-34-20-33(61-47)16-15-27(4)42(26(3)13-12-14-32-24-55-45-40(49)29(6)19-35(46(51)58-34)48(32,45)52)59-39-22-37(54-10)44(31(8)57-39)60-38-21-36(53-9)41(50)30(7)56-38/h12-15,19,25-26,28,30-31,33-45,49-50,52H,11,16-18,20-24H2,1-10H3/b13-12+,27-15+,32-14+/t25-,26-,28-,30-,31-,33+,34-,35-,36+,37-,38-,39-,40+,41-,42-,43+,44-,45+,47+,48+/m0/s1. The van der Waals surface area contributed by atoms with E-state index in [9.17, 15) is 20.1 Å². The van der Waals surface area contributed by atoms with Crippen molar-refractivity contribution in [3.8, 4) is 0 Å². The van der Waals surface area contributed by atoms with E-state index >= 15 is 0 Å². The van der Waals surface area contributed by atoms with Gasteiger partial charge in [-0.15, -0.1) is 0 Å². The van der Waals surface area contributed by atoms with Gasteiger partial charge in [0.1, 0.15) is 42.0 Å². The Hall–Kier alpha value is -2.05. The van der Waals surface area contributed by atoms with Crippen LogP contribution in [0.25, 0.3) is 0 Å². The number of hydrogen-bond acceptors (Lipinski definition) is 14. The molecular weight excluding hydrogens is 801 g/mol. The molecule has 20 atom stereocenters. The van der Waals surface area contributed by atoms with Gasteiger partial charge in [0.25, 0.3) is 0 Å². The van der Waals surface area contributed by atoms with Crippen molar-refractivity contribution in [2.45, 2.75) is 204 Å². The number of aliphatic hydroxyl groups is 3. The lowest BCUT2D eigenvalue weighted by Crippen LogP contribution is -2.58. The zero-order valence-corrected chi connectivity index (χ0v) is 38.5. The summed E-state index contributed by atoms with van der Waals surface area (Å²) in [5, 5.41) is 34.2. The fraction of sp³-hybridized carbons (Fsp3) is 0.812. The van der Waals surface area contributed by atoms with Crippen molar-refractivity contribution in [2.24, 2.45) is 23.7 Å². The minimum Gasteiger partial charge on any atom is -0.462 e. The maximum Gasteiger partial charge on any atom is 0.316 e. The highest BCUT2D eigenvalue weighted by Gasteiger charge is 2.60. The number of carbonyl (C=O) groups excluding carboxylic acids is 1. The number of ether oxygens (including phenoxy) is 10. The van der Waals surface area contributed by atoms with E-state index in [0.717, 1.165) is 18.4 Å². The summed E-state index contributed by atoms with van der Waals surface area (Å²) in [5.41, 5.74) is 0.188. The average molecular weight is 875 g/mol. The Morgan fingerprint density at radius 2 is 1.63 bits per heavy atom. The summed E-state index contributed by atoms with van der Waals surface area (Å²) >= 11 is 0. The molecule has 0 unspecified atom stereocenters. The molecule has 7 rings (SSSR count). The number of hydrogen-bond donors (Lipinski definition) is 3. The Labute approximate surface area is 368 Å². The molecule has 5 fully saturated rings. The Morgan fingerprint density at radius 1 is 0.919 bits per heavy atom. The molecule has 14 nitrogen and oxygen atoms in total. The first-order chi connectivity index (χ1) is 29.5. The first-order valence-corrected chi connectivity index (χ1v) is 23.2. The number of rotatable bonds is 8. The van der Waals surface area contributed by atoms with Crippen molar-refractivity contribution in [3.05, 3.63) is 47.1 Å². The van der Waals surface area contributed by atoms with Gasteiger partial charge in [0.05, 0.1) is 49.3 Å². The van der Waals surface area contributed by atoms with Gasteiger partial charge >= 0.3 is 5.97 Å². The molecular formula is C48H74O14. The predicted octanol–water partition coefficient (Wildman–Crippen LogP) is 5.60. The van der Waals surface area contributed by atoms with Crippen LogP contribution in [0, 0.1) is 23.7 Å².